The van der Waals surface area contributed by atoms with E-state index in [1.54, 1.807) is 34.0 Å². The van der Waals surface area contributed by atoms with Crippen LogP contribution in [0, 0.1) is 0 Å². The predicted molar refractivity (Wildman–Crippen MR) is 89.7 cm³/mol. The first-order chi connectivity index (χ1) is 12.6. The maximum Gasteiger partial charge on any atom is 0.338 e. The normalized spacial score (nSPS) is 15.3. The van der Waals surface area contributed by atoms with E-state index in [0.29, 0.717) is 43.1 Å². The molecule has 4 heterocycles. The van der Waals surface area contributed by atoms with Gasteiger partial charge in [0.05, 0.1) is 24.1 Å². The van der Waals surface area contributed by atoms with Crippen molar-refractivity contribution in [3.63, 3.8) is 0 Å². The molecule has 3 aromatic heterocycles. The molecule has 26 heavy (non-hydrogen) atoms. The number of nitrogens with zero attached hydrogens (tertiary/aromatic N) is 4. The molecule has 4 rings (SSSR count). The minimum Gasteiger partial charge on any atom is -0.478 e. The van der Waals surface area contributed by atoms with Gasteiger partial charge in [0.2, 0.25) is 0 Å². The lowest BCUT2D eigenvalue weighted by molar-refractivity contribution is 0.0683. The van der Waals surface area contributed by atoms with Crippen molar-refractivity contribution in [1.82, 2.24) is 24.9 Å². The second-order valence-corrected chi connectivity index (χ2v) is 6.18. The van der Waals surface area contributed by atoms with Crippen LogP contribution in [0.2, 0.25) is 0 Å². The molecule has 0 bridgehead atoms. The first-order valence-corrected chi connectivity index (χ1v) is 8.28. The largest absolute Gasteiger partial charge is 0.478 e. The topological polar surface area (TPSA) is 117 Å². The fourth-order valence-corrected chi connectivity index (χ4v) is 3.13. The van der Waals surface area contributed by atoms with Crippen LogP contribution in [0.1, 0.15) is 39.7 Å². The maximum atomic E-state index is 12.6. The van der Waals surface area contributed by atoms with Crippen LogP contribution in [0.5, 0.6) is 0 Å². The molecule has 1 fully saturated rings. The lowest BCUT2D eigenvalue weighted by atomic mass is 10.0. The van der Waals surface area contributed by atoms with Crippen LogP contribution in [0.4, 0.5) is 0 Å². The number of amides is 1. The SMILES string of the molecule is O=C(O)c1cnn(C2CCN(C(=O)c3cc(-c4ccco4)[nH]n3)CC2)c1. The van der Waals surface area contributed by atoms with Gasteiger partial charge in [-0.15, -0.1) is 0 Å². The summed E-state index contributed by atoms with van der Waals surface area (Å²) in [6.07, 6.45) is 5.87. The summed E-state index contributed by atoms with van der Waals surface area (Å²) in [5.41, 5.74) is 1.18. The van der Waals surface area contributed by atoms with Crippen molar-refractivity contribution in [3.05, 3.63) is 48.1 Å². The lowest BCUT2D eigenvalue weighted by Crippen LogP contribution is -2.39. The van der Waals surface area contributed by atoms with Gasteiger partial charge in [-0.25, -0.2) is 4.79 Å². The van der Waals surface area contributed by atoms with Crippen molar-refractivity contribution in [2.75, 3.05) is 13.1 Å². The van der Waals surface area contributed by atoms with Gasteiger partial charge < -0.3 is 14.4 Å². The molecule has 134 valence electrons. The van der Waals surface area contributed by atoms with Crippen molar-refractivity contribution in [2.24, 2.45) is 0 Å². The molecule has 0 atom stereocenters. The first kappa shape index (κ1) is 16.1. The van der Waals surface area contributed by atoms with Crippen LogP contribution in [0.3, 0.4) is 0 Å². The zero-order valence-electron chi connectivity index (χ0n) is 13.8. The van der Waals surface area contributed by atoms with Crippen LogP contribution >= 0.6 is 0 Å². The monoisotopic (exact) mass is 355 g/mol. The van der Waals surface area contributed by atoms with E-state index in [1.165, 1.54) is 12.4 Å². The second-order valence-electron chi connectivity index (χ2n) is 6.18. The summed E-state index contributed by atoms with van der Waals surface area (Å²) in [7, 11) is 0. The number of rotatable bonds is 4. The number of carbonyl (C=O) groups excluding carboxylic acids is 1. The second kappa shape index (κ2) is 6.51. The van der Waals surface area contributed by atoms with Crippen molar-refractivity contribution in [2.45, 2.75) is 18.9 Å². The van der Waals surface area contributed by atoms with Gasteiger partial charge >= 0.3 is 5.97 Å². The molecule has 1 aliphatic rings. The van der Waals surface area contributed by atoms with Crippen LogP contribution in [0.25, 0.3) is 11.5 Å². The van der Waals surface area contributed by atoms with Gasteiger partial charge in [0.15, 0.2) is 11.5 Å². The zero-order chi connectivity index (χ0) is 18.1. The Hall–Kier alpha value is -3.36. The molecular formula is C17H17N5O4. The number of aromatic nitrogens is 4. The van der Waals surface area contributed by atoms with Crippen molar-refractivity contribution < 1.29 is 19.1 Å². The molecular weight excluding hydrogens is 338 g/mol. The van der Waals surface area contributed by atoms with Crippen LogP contribution in [0.15, 0.2) is 41.3 Å². The van der Waals surface area contributed by atoms with Crippen LogP contribution in [-0.2, 0) is 0 Å². The number of piperidine rings is 1. The molecule has 1 aliphatic heterocycles. The summed E-state index contributed by atoms with van der Waals surface area (Å²) in [5, 5.41) is 20.0. The Balaban J connectivity index is 1.39. The lowest BCUT2D eigenvalue weighted by Gasteiger charge is -2.31. The molecule has 0 radical (unpaired) electrons. The minimum absolute atomic E-state index is 0.0880. The van der Waals surface area contributed by atoms with Crippen molar-refractivity contribution in [3.8, 4) is 11.5 Å². The third-order valence-corrected chi connectivity index (χ3v) is 4.56. The molecule has 0 spiro atoms. The maximum absolute atomic E-state index is 12.6. The highest BCUT2D eigenvalue weighted by atomic mass is 16.4. The third-order valence-electron chi connectivity index (χ3n) is 4.56. The summed E-state index contributed by atoms with van der Waals surface area (Å²) in [6, 6.07) is 5.33. The van der Waals surface area contributed by atoms with E-state index in [4.69, 9.17) is 9.52 Å². The average molecular weight is 355 g/mol. The Morgan fingerprint density at radius 2 is 2.12 bits per heavy atom. The summed E-state index contributed by atoms with van der Waals surface area (Å²) < 4.78 is 6.97. The molecule has 1 saturated heterocycles. The first-order valence-electron chi connectivity index (χ1n) is 8.28. The highest BCUT2D eigenvalue weighted by Crippen LogP contribution is 2.24. The summed E-state index contributed by atoms with van der Waals surface area (Å²) in [5.74, 6) is -0.498. The average Bonchev–Trinajstić information content (AvgIpc) is 3.42. The Labute approximate surface area is 148 Å². The van der Waals surface area contributed by atoms with Crippen LogP contribution in [-0.4, -0.2) is 55.0 Å². The summed E-state index contributed by atoms with van der Waals surface area (Å²) in [6.45, 7) is 1.13. The minimum atomic E-state index is -0.991. The fraction of sp³-hybridized carbons (Fsp3) is 0.294. The fourth-order valence-electron chi connectivity index (χ4n) is 3.13. The number of H-pyrrole nitrogens is 1. The van der Waals surface area contributed by atoms with E-state index < -0.39 is 5.97 Å². The standard InChI is InChI=1S/C17H17N5O4/c23-16(14-8-13(19-20-14)15-2-1-7-26-15)21-5-3-12(4-6-21)22-10-11(9-18-22)17(24)25/h1-2,7-10,12H,3-6H2,(H,19,20)(H,24,25). The van der Waals surface area contributed by atoms with Gasteiger partial charge in [0.1, 0.15) is 5.69 Å². The molecule has 3 aromatic rings. The van der Waals surface area contributed by atoms with E-state index in [1.807, 2.05) is 0 Å². The van der Waals surface area contributed by atoms with Gasteiger partial charge in [-0.3, -0.25) is 14.6 Å². The third kappa shape index (κ3) is 2.99. The van der Waals surface area contributed by atoms with E-state index in [2.05, 4.69) is 15.3 Å². The van der Waals surface area contributed by atoms with Gasteiger partial charge in [-0.05, 0) is 25.0 Å². The number of carboxylic acid groups (broad SMARTS) is 1. The summed E-state index contributed by atoms with van der Waals surface area (Å²) >= 11 is 0. The molecule has 0 aromatic carbocycles. The molecule has 1 amide bonds. The number of hydrogen-bond acceptors (Lipinski definition) is 5. The number of carboxylic acids is 1. The summed E-state index contributed by atoms with van der Waals surface area (Å²) in [4.78, 5) is 25.3. The molecule has 0 saturated carbocycles. The Kier molecular flexibility index (Phi) is 4.04. The Morgan fingerprint density at radius 1 is 1.31 bits per heavy atom. The number of aromatic amines is 1. The quantitative estimate of drug-likeness (QED) is 0.739. The smallest absolute Gasteiger partial charge is 0.338 e. The number of likely N-dealkylation sites (tertiary alicyclic amines) is 1. The Bertz CT molecular complexity index is 919. The van der Waals surface area contributed by atoms with Gasteiger partial charge in [-0.1, -0.05) is 0 Å². The number of aromatic carboxylic acids is 1. The molecule has 9 heteroatoms. The van der Waals surface area contributed by atoms with Gasteiger partial charge in [-0.2, -0.15) is 10.2 Å². The van der Waals surface area contributed by atoms with E-state index >= 15 is 0 Å². The van der Waals surface area contributed by atoms with Gasteiger partial charge in [0, 0.05) is 25.4 Å². The molecule has 0 unspecified atom stereocenters. The highest BCUT2D eigenvalue weighted by molar-refractivity contribution is 5.93. The van der Waals surface area contributed by atoms with Crippen LogP contribution < -0.4 is 0 Å². The zero-order valence-corrected chi connectivity index (χ0v) is 13.8. The number of hydrogen-bond donors (Lipinski definition) is 2. The van der Waals surface area contributed by atoms with Crippen molar-refractivity contribution >= 4 is 11.9 Å². The molecule has 2 N–H and O–H groups in total. The number of furan rings is 1. The number of carbonyl (C=O) groups is 2. The molecule has 0 aliphatic carbocycles. The van der Waals surface area contributed by atoms with Gasteiger partial charge in [0.25, 0.3) is 5.91 Å². The van der Waals surface area contributed by atoms with E-state index in [9.17, 15) is 9.59 Å². The Morgan fingerprint density at radius 3 is 2.77 bits per heavy atom. The predicted octanol–water partition coefficient (Wildman–Crippen LogP) is 2.04. The van der Waals surface area contributed by atoms with E-state index in [0.717, 1.165) is 0 Å². The highest BCUT2D eigenvalue weighted by Gasteiger charge is 2.27. The van der Waals surface area contributed by atoms with E-state index in [-0.39, 0.29) is 17.5 Å². The molecule has 9 nitrogen and oxygen atoms in total. The number of nitrogens with one attached hydrogen (secondary N) is 1. The van der Waals surface area contributed by atoms with Crippen molar-refractivity contribution in [1.29, 1.82) is 0 Å².